The Morgan fingerprint density at radius 2 is 2.18 bits per heavy atom. The van der Waals surface area contributed by atoms with Gasteiger partial charge in [0.1, 0.15) is 6.17 Å². The number of hydrogen-bond acceptors (Lipinski definition) is 2. The summed E-state index contributed by atoms with van der Waals surface area (Å²) in [5.41, 5.74) is 0. The Morgan fingerprint density at radius 3 is 2.73 bits per heavy atom. The average molecular weight is 160 g/mol. The molecule has 0 amide bonds. The van der Waals surface area contributed by atoms with Gasteiger partial charge in [-0.25, -0.2) is 4.39 Å². The first-order chi connectivity index (χ1) is 5.18. The van der Waals surface area contributed by atoms with Gasteiger partial charge in [0.15, 0.2) is 0 Å². The Morgan fingerprint density at radius 1 is 1.45 bits per heavy atom. The van der Waals surface area contributed by atoms with Gasteiger partial charge in [-0.15, -0.1) is 0 Å². The maximum absolute atomic E-state index is 12.8. The van der Waals surface area contributed by atoms with Gasteiger partial charge < -0.3 is 10.2 Å². The molecule has 0 aromatic carbocycles. The molecule has 1 fully saturated rings. The number of nitrogens with one attached hydrogen (secondary N) is 1. The minimum Gasteiger partial charge on any atom is -0.314 e. The van der Waals surface area contributed by atoms with Crippen molar-refractivity contribution in [1.82, 2.24) is 10.2 Å². The van der Waals surface area contributed by atoms with Gasteiger partial charge in [-0.2, -0.15) is 0 Å². The van der Waals surface area contributed by atoms with E-state index >= 15 is 0 Å². The molecular weight excluding hydrogens is 143 g/mol. The van der Waals surface area contributed by atoms with Crippen LogP contribution in [-0.2, 0) is 0 Å². The second-order valence-electron chi connectivity index (χ2n) is 3.62. The molecule has 0 aromatic rings. The topological polar surface area (TPSA) is 15.3 Å². The van der Waals surface area contributed by atoms with Crippen molar-refractivity contribution in [2.45, 2.75) is 12.6 Å². The summed E-state index contributed by atoms with van der Waals surface area (Å²) in [6.45, 7) is 2.51. The van der Waals surface area contributed by atoms with E-state index in [1.807, 2.05) is 14.1 Å². The van der Waals surface area contributed by atoms with Gasteiger partial charge in [0.05, 0.1) is 0 Å². The number of halogens is 1. The minimum atomic E-state index is -0.631. The summed E-state index contributed by atoms with van der Waals surface area (Å²) in [4.78, 5) is 2.12. The maximum Gasteiger partial charge on any atom is 0.113 e. The van der Waals surface area contributed by atoms with Gasteiger partial charge in [-0.1, -0.05) is 0 Å². The van der Waals surface area contributed by atoms with Crippen molar-refractivity contribution in [3.05, 3.63) is 0 Å². The summed E-state index contributed by atoms with van der Waals surface area (Å²) in [7, 11) is 4.06. The van der Waals surface area contributed by atoms with Crippen molar-refractivity contribution in [3.63, 3.8) is 0 Å². The molecule has 11 heavy (non-hydrogen) atoms. The van der Waals surface area contributed by atoms with Crippen LogP contribution in [0.3, 0.4) is 0 Å². The van der Waals surface area contributed by atoms with Crippen LogP contribution in [0.25, 0.3) is 0 Å². The van der Waals surface area contributed by atoms with Crippen LogP contribution in [-0.4, -0.2) is 44.8 Å². The van der Waals surface area contributed by atoms with E-state index in [9.17, 15) is 4.39 Å². The monoisotopic (exact) mass is 160 g/mol. The van der Waals surface area contributed by atoms with E-state index in [1.165, 1.54) is 0 Å². The van der Waals surface area contributed by atoms with Crippen LogP contribution < -0.4 is 5.32 Å². The highest BCUT2D eigenvalue weighted by Crippen LogP contribution is 2.13. The third-order valence-electron chi connectivity index (χ3n) is 2.01. The number of hydrogen-bond donors (Lipinski definition) is 1. The van der Waals surface area contributed by atoms with E-state index in [1.54, 1.807) is 0 Å². The predicted octanol–water partition coefficient (Wildman–Crippen LogP) is 0.496. The Hall–Kier alpha value is -0.150. The molecule has 1 aliphatic rings. The standard InChI is InChI=1S/C8H17FN2/c1-11(2)6-7-3-8(9)5-10-4-7/h7-8,10H,3-6H2,1-2H3. The van der Waals surface area contributed by atoms with Gasteiger partial charge in [-0.3, -0.25) is 0 Å². The molecule has 0 spiro atoms. The fourth-order valence-corrected chi connectivity index (χ4v) is 1.63. The molecule has 1 rings (SSSR count). The zero-order valence-corrected chi connectivity index (χ0v) is 7.31. The van der Waals surface area contributed by atoms with Crippen LogP contribution >= 0.6 is 0 Å². The van der Waals surface area contributed by atoms with Crippen molar-refractivity contribution in [2.24, 2.45) is 5.92 Å². The molecule has 0 radical (unpaired) electrons. The predicted molar refractivity (Wildman–Crippen MR) is 44.4 cm³/mol. The van der Waals surface area contributed by atoms with Gasteiger partial charge in [-0.05, 0) is 33.0 Å². The fraction of sp³-hybridized carbons (Fsp3) is 1.00. The number of piperidine rings is 1. The van der Waals surface area contributed by atoms with Crippen LogP contribution in [0.5, 0.6) is 0 Å². The molecule has 2 unspecified atom stereocenters. The van der Waals surface area contributed by atoms with Gasteiger partial charge in [0.2, 0.25) is 0 Å². The lowest BCUT2D eigenvalue weighted by molar-refractivity contribution is 0.186. The summed E-state index contributed by atoms with van der Waals surface area (Å²) >= 11 is 0. The van der Waals surface area contributed by atoms with Crippen LogP contribution in [0, 0.1) is 5.92 Å². The first kappa shape index (κ1) is 8.94. The van der Waals surface area contributed by atoms with Gasteiger partial charge in [0.25, 0.3) is 0 Å². The highest BCUT2D eigenvalue weighted by molar-refractivity contribution is 4.76. The Kier molecular flexibility index (Phi) is 3.27. The highest BCUT2D eigenvalue weighted by Gasteiger charge is 2.20. The van der Waals surface area contributed by atoms with Crippen molar-refractivity contribution in [3.8, 4) is 0 Å². The summed E-state index contributed by atoms with van der Waals surface area (Å²) < 4.78 is 12.8. The van der Waals surface area contributed by atoms with E-state index in [-0.39, 0.29) is 0 Å². The molecule has 1 aliphatic heterocycles. The largest absolute Gasteiger partial charge is 0.314 e. The fourth-order valence-electron chi connectivity index (χ4n) is 1.63. The lowest BCUT2D eigenvalue weighted by Crippen LogP contribution is -2.41. The zero-order valence-electron chi connectivity index (χ0n) is 7.31. The second kappa shape index (κ2) is 4.02. The third kappa shape index (κ3) is 3.16. The van der Waals surface area contributed by atoms with E-state index in [0.29, 0.717) is 12.5 Å². The highest BCUT2D eigenvalue weighted by atomic mass is 19.1. The Balaban J connectivity index is 2.23. The second-order valence-corrected chi connectivity index (χ2v) is 3.62. The van der Waals surface area contributed by atoms with Crippen LogP contribution in [0.1, 0.15) is 6.42 Å². The zero-order chi connectivity index (χ0) is 8.27. The normalized spacial score (nSPS) is 32.7. The number of nitrogens with zero attached hydrogens (tertiary/aromatic N) is 1. The molecule has 2 atom stereocenters. The van der Waals surface area contributed by atoms with Crippen LogP contribution in [0.15, 0.2) is 0 Å². The van der Waals surface area contributed by atoms with Crippen molar-refractivity contribution in [2.75, 3.05) is 33.7 Å². The first-order valence-corrected chi connectivity index (χ1v) is 4.18. The molecular formula is C8H17FN2. The van der Waals surface area contributed by atoms with E-state index in [2.05, 4.69) is 10.2 Å². The Labute approximate surface area is 67.8 Å². The third-order valence-corrected chi connectivity index (χ3v) is 2.01. The lowest BCUT2D eigenvalue weighted by Gasteiger charge is -2.27. The smallest absolute Gasteiger partial charge is 0.113 e. The minimum absolute atomic E-state index is 0.494. The summed E-state index contributed by atoms with van der Waals surface area (Å²) in [5.74, 6) is 0.494. The molecule has 1 saturated heterocycles. The molecule has 2 nitrogen and oxygen atoms in total. The van der Waals surface area contributed by atoms with Gasteiger partial charge in [0, 0.05) is 13.1 Å². The molecule has 0 aliphatic carbocycles. The molecule has 66 valence electrons. The first-order valence-electron chi connectivity index (χ1n) is 4.18. The van der Waals surface area contributed by atoms with E-state index in [4.69, 9.17) is 0 Å². The van der Waals surface area contributed by atoms with E-state index < -0.39 is 6.17 Å². The lowest BCUT2D eigenvalue weighted by atomic mass is 9.98. The van der Waals surface area contributed by atoms with E-state index in [0.717, 1.165) is 19.5 Å². The molecule has 1 heterocycles. The average Bonchev–Trinajstić information content (AvgIpc) is 1.85. The van der Waals surface area contributed by atoms with Crippen LogP contribution in [0.4, 0.5) is 4.39 Å². The Bertz CT molecular complexity index is 115. The number of alkyl halides is 1. The van der Waals surface area contributed by atoms with Crippen molar-refractivity contribution < 1.29 is 4.39 Å². The molecule has 0 bridgehead atoms. The van der Waals surface area contributed by atoms with Gasteiger partial charge >= 0.3 is 0 Å². The summed E-state index contributed by atoms with van der Waals surface area (Å²) in [5, 5.41) is 3.09. The molecule has 0 aromatic heterocycles. The van der Waals surface area contributed by atoms with Crippen molar-refractivity contribution in [1.29, 1.82) is 0 Å². The summed E-state index contributed by atoms with van der Waals surface area (Å²) in [6, 6.07) is 0. The number of rotatable bonds is 2. The van der Waals surface area contributed by atoms with Crippen molar-refractivity contribution >= 4 is 0 Å². The molecule has 0 saturated carbocycles. The maximum atomic E-state index is 12.8. The quantitative estimate of drug-likeness (QED) is 0.632. The van der Waals surface area contributed by atoms with Crippen LogP contribution in [0.2, 0.25) is 0 Å². The SMILES string of the molecule is CN(C)CC1CNCC(F)C1. The molecule has 1 N–H and O–H groups in total. The summed E-state index contributed by atoms with van der Waals surface area (Å²) in [6.07, 6.45) is 0.0965. The molecule has 3 heteroatoms.